The lowest BCUT2D eigenvalue weighted by atomic mass is 10.3. The smallest absolute Gasteiger partial charge is 0.156 e. The first kappa shape index (κ1) is 6.76. The molecule has 0 aromatic carbocycles. The predicted molar refractivity (Wildman–Crippen MR) is 33.6 cm³/mol. The normalized spacial score (nSPS) is 8.14. The molecular weight excluding hydrogens is 108 g/mol. The molecule has 1 nitrogen and oxygen atoms in total. The van der Waals surface area contributed by atoms with E-state index in [1.807, 2.05) is 6.92 Å². The quantitative estimate of drug-likeness (QED) is 0.409. The van der Waals surface area contributed by atoms with Gasteiger partial charge in [0.2, 0.25) is 0 Å². The van der Waals surface area contributed by atoms with Crippen LogP contribution in [0.5, 0.6) is 0 Å². The van der Waals surface area contributed by atoms with E-state index in [1.54, 1.807) is 0 Å². The van der Waals surface area contributed by atoms with E-state index in [0.29, 0.717) is 4.86 Å². The molecule has 0 atom stereocenters. The van der Waals surface area contributed by atoms with Gasteiger partial charge >= 0.3 is 0 Å². The minimum Gasteiger partial charge on any atom is -0.297 e. The second-order valence-corrected chi connectivity index (χ2v) is 1.86. The van der Waals surface area contributed by atoms with Crippen LogP contribution in [-0.2, 0) is 4.79 Å². The molecule has 0 rings (SSSR count). The Kier molecular flexibility index (Phi) is 3.80. The molecule has 0 radical (unpaired) electrons. The van der Waals surface area contributed by atoms with Crippen molar-refractivity contribution in [3.8, 4) is 0 Å². The van der Waals surface area contributed by atoms with Crippen molar-refractivity contribution < 1.29 is 4.79 Å². The summed E-state index contributed by atoms with van der Waals surface area (Å²) in [4.78, 5) is 10.3. The maximum absolute atomic E-state index is 9.75. The Morgan fingerprint density at radius 1 is 1.86 bits per heavy atom. The molecule has 40 valence electrons. The lowest BCUT2D eigenvalue weighted by molar-refractivity contribution is -0.102. The molecule has 0 aromatic heterocycles. The fourth-order valence-electron chi connectivity index (χ4n) is 0.305. The first-order valence-electron chi connectivity index (χ1n) is 2.29. The van der Waals surface area contributed by atoms with Gasteiger partial charge in [0.05, 0.1) is 4.86 Å². The number of carbonyl (C=O) groups is 1. The average Bonchev–Trinajstić information content (AvgIpc) is 1.68. The molecule has 0 aliphatic heterocycles. The molecule has 0 saturated heterocycles. The van der Waals surface area contributed by atoms with Crippen molar-refractivity contribution in [3.63, 3.8) is 0 Å². The van der Waals surface area contributed by atoms with Crippen molar-refractivity contribution >= 4 is 23.4 Å². The molecular formula is C5H8OS. The van der Waals surface area contributed by atoms with Gasteiger partial charge in [0.1, 0.15) is 0 Å². The highest BCUT2D eigenvalue weighted by molar-refractivity contribution is 7.81. The summed E-state index contributed by atoms with van der Waals surface area (Å²) in [5.41, 5.74) is 0. The van der Waals surface area contributed by atoms with E-state index in [4.69, 9.17) is 0 Å². The largest absolute Gasteiger partial charge is 0.297 e. The fourth-order valence-corrected chi connectivity index (χ4v) is 0.509. The number of rotatable bonds is 3. The maximum atomic E-state index is 9.75. The Labute approximate surface area is 48.7 Å². The van der Waals surface area contributed by atoms with Crippen LogP contribution in [0.2, 0.25) is 0 Å². The van der Waals surface area contributed by atoms with Crippen molar-refractivity contribution in [2.75, 3.05) is 0 Å². The van der Waals surface area contributed by atoms with Crippen molar-refractivity contribution in [3.05, 3.63) is 0 Å². The van der Waals surface area contributed by atoms with Crippen LogP contribution in [0.1, 0.15) is 19.8 Å². The van der Waals surface area contributed by atoms with Crippen molar-refractivity contribution in [2.24, 2.45) is 0 Å². The number of thiocarbonyl (C=S) groups is 1. The Morgan fingerprint density at radius 2 is 2.43 bits per heavy atom. The summed E-state index contributed by atoms with van der Waals surface area (Å²) < 4.78 is 0. The highest BCUT2D eigenvalue weighted by Gasteiger charge is 1.86. The van der Waals surface area contributed by atoms with E-state index in [9.17, 15) is 4.79 Å². The minimum atomic E-state index is 0.530. The number of aldehydes is 1. The topological polar surface area (TPSA) is 17.1 Å². The summed E-state index contributed by atoms with van der Waals surface area (Å²) in [7, 11) is 0. The van der Waals surface area contributed by atoms with Gasteiger partial charge in [-0.05, 0) is 6.42 Å². The molecule has 0 unspecified atom stereocenters. The van der Waals surface area contributed by atoms with E-state index in [1.165, 1.54) is 0 Å². The van der Waals surface area contributed by atoms with Gasteiger partial charge < -0.3 is 0 Å². The molecule has 7 heavy (non-hydrogen) atoms. The zero-order valence-electron chi connectivity index (χ0n) is 4.31. The summed E-state index contributed by atoms with van der Waals surface area (Å²) in [5.74, 6) is 0. The number of hydrogen-bond acceptors (Lipinski definition) is 2. The fraction of sp³-hybridized carbons (Fsp3) is 0.600. The van der Waals surface area contributed by atoms with Crippen LogP contribution in [0.25, 0.3) is 0 Å². The van der Waals surface area contributed by atoms with Crippen LogP contribution in [-0.4, -0.2) is 11.2 Å². The molecule has 2 heteroatoms. The van der Waals surface area contributed by atoms with Crippen LogP contribution in [0.3, 0.4) is 0 Å². The number of carbonyl (C=O) groups excluding carboxylic acids is 1. The van der Waals surface area contributed by atoms with Gasteiger partial charge in [0.25, 0.3) is 0 Å². The summed E-state index contributed by atoms with van der Waals surface area (Å²) in [6.07, 6.45) is 2.47. The minimum absolute atomic E-state index is 0.530. The molecule has 0 aliphatic carbocycles. The van der Waals surface area contributed by atoms with Gasteiger partial charge in [-0.2, -0.15) is 0 Å². The molecule has 0 N–H and O–H groups in total. The lowest BCUT2D eigenvalue weighted by Crippen LogP contribution is -1.91. The van der Waals surface area contributed by atoms with E-state index in [-0.39, 0.29) is 0 Å². The Hall–Kier alpha value is -0.240. The molecule has 0 saturated carbocycles. The van der Waals surface area contributed by atoms with Crippen LogP contribution >= 0.6 is 12.2 Å². The Bertz CT molecular complexity index is 78.1. The molecule has 0 spiro atoms. The van der Waals surface area contributed by atoms with Crippen molar-refractivity contribution in [1.29, 1.82) is 0 Å². The Morgan fingerprint density at radius 3 is 2.57 bits per heavy atom. The van der Waals surface area contributed by atoms with E-state index < -0.39 is 0 Å². The third-order valence-electron chi connectivity index (χ3n) is 0.628. The van der Waals surface area contributed by atoms with Crippen LogP contribution in [0.4, 0.5) is 0 Å². The summed E-state index contributed by atoms with van der Waals surface area (Å²) >= 11 is 4.59. The third-order valence-corrected chi connectivity index (χ3v) is 0.928. The number of hydrogen-bond donors (Lipinski definition) is 0. The van der Waals surface area contributed by atoms with Crippen molar-refractivity contribution in [1.82, 2.24) is 0 Å². The maximum Gasteiger partial charge on any atom is 0.156 e. The van der Waals surface area contributed by atoms with Gasteiger partial charge in [-0.3, -0.25) is 4.79 Å². The first-order chi connectivity index (χ1) is 3.31. The van der Waals surface area contributed by atoms with Gasteiger partial charge in [0.15, 0.2) is 6.29 Å². The van der Waals surface area contributed by atoms with E-state index >= 15 is 0 Å². The van der Waals surface area contributed by atoms with Gasteiger partial charge in [0, 0.05) is 0 Å². The van der Waals surface area contributed by atoms with Crippen LogP contribution in [0.15, 0.2) is 0 Å². The predicted octanol–water partition coefficient (Wildman–Crippen LogP) is 1.36. The molecule has 0 aliphatic rings. The van der Waals surface area contributed by atoms with E-state index in [0.717, 1.165) is 19.1 Å². The van der Waals surface area contributed by atoms with E-state index in [2.05, 4.69) is 12.2 Å². The lowest BCUT2D eigenvalue weighted by Gasteiger charge is -1.83. The first-order valence-corrected chi connectivity index (χ1v) is 2.70. The van der Waals surface area contributed by atoms with Crippen molar-refractivity contribution in [2.45, 2.75) is 19.8 Å². The average molecular weight is 116 g/mol. The Balaban J connectivity index is 3.17. The molecule has 0 fully saturated rings. The second kappa shape index (κ2) is 3.93. The zero-order valence-corrected chi connectivity index (χ0v) is 5.12. The summed E-state index contributed by atoms with van der Waals surface area (Å²) in [6.45, 7) is 2.00. The summed E-state index contributed by atoms with van der Waals surface area (Å²) in [6, 6.07) is 0. The highest BCUT2D eigenvalue weighted by atomic mass is 32.1. The second-order valence-electron chi connectivity index (χ2n) is 1.33. The van der Waals surface area contributed by atoms with Crippen LogP contribution < -0.4 is 0 Å². The molecule has 0 aromatic rings. The summed E-state index contributed by atoms with van der Waals surface area (Å²) in [5, 5.41) is 0. The molecule has 0 bridgehead atoms. The van der Waals surface area contributed by atoms with Gasteiger partial charge in [-0.1, -0.05) is 25.6 Å². The molecule has 0 heterocycles. The monoisotopic (exact) mass is 116 g/mol. The standard InChI is InChI=1S/C5H8OS/c1-2-3-5(7)4-6/h4H,2-3H2,1H3. The highest BCUT2D eigenvalue weighted by Crippen LogP contribution is 1.86. The molecule has 0 amide bonds. The SMILES string of the molecule is CCCC(=S)C=O. The third kappa shape index (κ3) is 3.59. The van der Waals surface area contributed by atoms with Gasteiger partial charge in [-0.25, -0.2) is 0 Å². The van der Waals surface area contributed by atoms with Crippen LogP contribution in [0, 0.1) is 0 Å². The van der Waals surface area contributed by atoms with Gasteiger partial charge in [-0.15, -0.1) is 0 Å². The zero-order chi connectivity index (χ0) is 5.70.